The second kappa shape index (κ2) is 13.0. The first kappa shape index (κ1) is 30.2. The lowest BCUT2D eigenvalue weighted by molar-refractivity contribution is 0.0220. The minimum atomic E-state index is -0.578. The Morgan fingerprint density at radius 1 is 1.04 bits per heavy atom. The van der Waals surface area contributed by atoms with Crippen LogP contribution in [-0.2, 0) is 29.0 Å². The highest BCUT2D eigenvalue weighted by Crippen LogP contribution is 2.32. The molecule has 12 heteroatoms. The van der Waals surface area contributed by atoms with Crippen LogP contribution in [0.25, 0.3) is 11.4 Å². The van der Waals surface area contributed by atoms with Crippen LogP contribution < -0.4 is 15.0 Å². The quantitative estimate of drug-likeness (QED) is 0.298. The second-order valence-corrected chi connectivity index (χ2v) is 12.1. The molecule has 3 aromatic heterocycles. The van der Waals surface area contributed by atoms with Gasteiger partial charge in [0, 0.05) is 42.7 Å². The van der Waals surface area contributed by atoms with Gasteiger partial charge in [0.05, 0.1) is 31.5 Å². The van der Waals surface area contributed by atoms with Crippen molar-refractivity contribution in [2.24, 2.45) is 0 Å². The normalized spacial score (nSPS) is 16.6. The van der Waals surface area contributed by atoms with Gasteiger partial charge in [-0.15, -0.1) is 0 Å². The van der Waals surface area contributed by atoms with Crippen LogP contribution in [0.4, 0.5) is 22.4 Å². The number of amides is 1. The van der Waals surface area contributed by atoms with E-state index in [2.05, 4.69) is 32.1 Å². The summed E-state index contributed by atoms with van der Waals surface area (Å²) in [4.78, 5) is 40.3. The Morgan fingerprint density at radius 2 is 1.89 bits per heavy atom. The highest BCUT2D eigenvalue weighted by molar-refractivity contribution is 5.70. The fourth-order valence-corrected chi connectivity index (χ4v) is 5.23. The highest BCUT2D eigenvalue weighted by atomic mass is 16.6. The van der Waals surface area contributed by atoms with Crippen LogP contribution in [0.5, 0.6) is 5.88 Å². The van der Waals surface area contributed by atoms with E-state index < -0.39 is 5.60 Å². The molecule has 2 aliphatic rings. The van der Waals surface area contributed by atoms with Crippen molar-refractivity contribution in [3.05, 3.63) is 77.7 Å². The van der Waals surface area contributed by atoms with E-state index in [1.807, 2.05) is 63.2 Å². The van der Waals surface area contributed by atoms with Gasteiger partial charge < -0.3 is 29.3 Å². The lowest BCUT2D eigenvalue weighted by atomic mass is 10.0. The Labute approximate surface area is 262 Å². The number of hydrogen-bond donors (Lipinski definition) is 1. The Balaban J connectivity index is 1.22. The van der Waals surface area contributed by atoms with E-state index >= 15 is 0 Å². The fraction of sp³-hybridized carbons (Fsp3) is 0.394. The van der Waals surface area contributed by atoms with Gasteiger partial charge >= 0.3 is 6.09 Å². The van der Waals surface area contributed by atoms with E-state index in [4.69, 9.17) is 24.2 Å². The maximum Gasteiger partial charge on any atom is 0.410 e. The zero-order valence-electron chi connectivity index (χ0n) is 26.1. The lowest BCUT2D eigenvalue weighted by Crippen LogP contribution is -2.46. The van der Waals surface area contributed by atoms with Crippen molar-refractivity contribution in [1.82, 2.24) is 29.8 Å². The molecule has 45 heavy (non-hydrogen) atoms. The molecule has 0 unspecified atom stereocenters. The van der Waals surface area contributed by atoms with Gasteiger partial charge in [0.25, 0.3) is 0 Å². The van der Waals surface area contributed by atoms with Crippen LogP contribution in [-0.4, -0.2) is 73.9 Å². The summed E-state index contributed by atoms with van der Waals surface area (Å²) in [5, 5.41) is 3.14. The first-order valence-electron chi connectivity index (χ1n) is 15.2. The molecular formula is C33H38N8O4. The van der Waals surface area contributed by atoms with Crippen molar-refractivity contribution in [3.8, 4) is 17.3 Å². The number of nitrogens with zero attached hydrogens (tertiary/aromatic N) is 7. The fourth-order valence-electron chi connectivity index (χ4n) is 5.23. The summed E-state index contributed by atoms with van der Waals surface area (Å²) in [7, 11) is 0. The zero-order chi connectivity index (χ0) is 31.4. The van der Waals surface area contributed by atoms with Crippen molar-refractivity contribution in [3.63, 3.8) is 0 Å². The van der Waals surface area contributed by atoms with Crippen LogP contribution in [0, 0.1) is 0 Å². The average Bonchev–Trinajstić information content (AvgIpc) is 3.03. The first-order valence-corrected chi connectivity index (χ1v) is 15.2. The van der Waals surface area contributed by atoms with Gasteiger partial charge in [0.1, 0.15) is 23.8 Å². The van der Waals surface area contributed by atoms with Crippen LogP contribution in [0.3, 0.4) is 0 Å². The van der Waals surface area contributed by atoms with Crippen LogP contribution in [0.15, 0.2) is 60.9 Å². The van der Waals surface area contributed by atoms with E-state index in [0.717, 1.165) is 34.7 Å². The Bertz CT molecular complexity index is 1630. The number of carbonyl (C=O) groups is 1. The standard InChI is InChI=1S/C33H38N8O4/c1-22-20-43-17-16-41(22)30-25-13-15-40(32(42)45-33(2,3)4)19-26(25)36-29(39-30)24-10-11-27(35-18-24)37-31-34-14-12-28(38-31)44-21-23-8-6-5-7-9-23/h5-12,14,18,22H,13,15-17,19-21H2,1-4H3,(H,34,35,37,38)/t22-/m0/s1. The third-order valence-corrected chi connectivity index (χ3v) is 7.46. The smallest absolute Gasteiger partial charge is 0.410 e. The molecule has 5 heterocycles. The molecule has 0 saturated carbocycles. The molecule has 1 atom stereocenters. The van der Waals surface area contributed by atoms with Gasteiger partial charge in [0.15, 0.2) is 5.82 Å². The van der Waals surface area contributed by atoms with E-state index in [1.54, 1.807) is 23.4 Å². The summed E-state index contributed by atoms with van der Waals surface area (Å²) in [5.74, 6) is 2.82. The highest BCUT2D eigenvalue weighted by Gasteiger charge is 2.32. The van der Waals surface area contributed by atoms with Gasteiger partial charge in [-0.2, -0.15) is 4.98 Å². The predicted molar refractivity (Wildman–Crippen MR) is 169 cm³/mol. The number of ether oxygens (including phenoxy) is 3. The minimum Gasteiger partial charge on any atom is -0.473 e. The topological polar surface area (TPSA) is 128 Å². The summed E-state index contributed by atoms with van der Waals surface area (Å²) in [5.41, 5.74) is 3.10. The summed E-state index contributed by atoms with van der Waals surface area (Å²) in [6.07, 6.45) is 3.66. The molecule has 4 aromatic rings. The van der Waals surface area contributed by atoms with Crippen LogP contribution in [0.2, 0.25) is 0 Å². The molecule has 1 aromatic carbocycles. The van der Waals surface area contributed by atoms with Crippen LogP contribution >= 0.6 is 0 Å². The molecule has 1 amide bonds. The summed E-state index contributed by atoms with van der Waals surface area (Å²) < 4.78 is 17.2. The number of rotatable bonds is 7. The second-order valence-electron chi connectivity index (χ2n) is 12.1. The lowest BCUT2D eigenvalue weighted by Gasteiger charge is -2.38. The zero-order valence-corrected chi connectivity index (χ0v) is 26.1. The number of anilines is 3. The molecule has 2 aliphatic heterocycles. The summed E-state index contributed by atoms with van der Waals surface area (Å²) in [6.45, 7) is 11.0. The van der Waals surface area contributed by atoms with Gasteiger partial charge in [-0.3, -0.25) is 0 Å². The van der Waals surface area contributed by atoms with Gasteiger partial charge in [-0.05, 0) is 51.8 Å². The van der Waals surface area contributed by atoms with Crippen molar-refractivity contribution >= 4 is 23.7 Å². The number of benzene rings is 1. The van der Waals surface area contributed by atoms with E-state index in [9.17, 15) is 4.79 Å². The molecule has 0 aliphatic carbocycles. The summed E-state index contributed by atoms with van der Waals surface area (Å²) in [6, 6.07) is 15.5. The first-order chi connectivity index (χ1) is 21.7. The molecule has 0 spiro atoms. The van der Waals surface area contributed by atoms with Crippen molar-refractivity contribution in [1.29, 1.82) is 0 Å². The van der Waals surface area contributed by atoms with Gasteiger partial charge in [-0.1, -0.05) is 30.3 Å². The van der Waals surface area contributed by atoms with E-state index in [1.165, 1.54) is 0 Å². The molecular weight excluding hydrogens is 572 g/mol. The average molecular weight is 611 g/mol. The monoisotopic (exact) mass is 610 g/mol. The third kappa shape index (κ3) is 7.46. The predicted octanol–water partition coefficient (Wildman–Crippen LogP) is 5.17. The molecule has 1 saturated heterocycles. The molecule has 6 rings (SSSR count). The SMILES string of the molecule is C[C@H]1COCCN1c1nc(-c2ccc(Nc3nccc(OCc4ccccc4)n3)nc2)nc2c1CCN(C(=O)OC(C)(C)C)C2. The largest absolute Gasteiger partial charge is 0.473 e. The number of pyridine rings is 1. The Kier molecular flexibility index (Phi) is 8.74. The van der Waals surface area contributed by atoms with Gasteiger partial charge in [-0.25, -0.2) is 24.7 Å². The maximum absolute atomic E-state index is 12.9. The number of nitrogens with one attached hydrogen (secondary N) is 1. The van der Waals surface area contributed by atoms with Gasteiger partial charge in [0.2, 0.25) is 11.8 Å². The maximum atomic E-state index is 12.9. The van der Waals surface area contributed by atoms with Crippen molar-refractivity contribution < 1.29 is 19.0 Å². The van der Waals surface area contributed by atoms with Crippen molar-refractivity contribution in [2.75, 3.05) is 36.5 Å². The number of morpholine rings is 1. The van der Waals surface area contributed by atoms with E-state index in [0.29, 0.717) is 62.8 Å². The summed E-state index contributed by atoms with van der Waals surface area (Å²) >= 11 is 0. The molecule has 12 nitrogen and oxygen atoms in total. The molecule has 1 N–H and O–H groups in total. The molecule has 234 valence electrons. The Hall–Kier alpha value is -4.84. The Morgan fingerprint density at radius 3 is 2.64 bits per heavy atom. The molecule has 0 bridgehead atoms. The number of hydrogen-bond acceptors (Lipinski definition) is 11. The number of aromatic nitrogens is 5. The molecule has 1 fully saturated rings. The number of carbonyl (C=O) groups excluding carboxylic acids is 1. The van der Waals surface area contributed by atoms with E-state index in [-0.39, 0.29) is 12.1 Å². The number of fused-ring (bicyclic) bond motifs is 1. The third-order valence-electron chi connectivity index (χ3n) is 7.46. The molecule has 0 radical (unpaired) electrons. The minimum absolute atomic E-state index is 0.159. The van der Waals surface area contributed by atoms with Crippen LogP contribution in [0.1, 0.15) is 44.5 Å². The van der Waals surface area contributed by atoms with Crippen molar-refractivity contribution in [2.45, 2.75) is 58.9 Å².